The molecule has 0 amide bonds. The minimum Gasteiger partial charge on any atom is -0.494 e. The van der Waals surface area contributed by atoms with Gasteiger partial charge in [-0.15, -0.1) is 0 Å². The molecule has 6 nitrogen and oxygen atoms in total. The number of nitrogens with one attached hydrogen (secondary N) is 1. The van der Waals surface area contributed by atoms with Gasteiger partial charge in [-0.3, -0.25) is 4.79 Å². The molecular formula is C14H21NO5S. The Morgan fingerprint density at radius 3 is 2.24 bits per heavy atom. The molecule has 0 aliphatic carbocycles. The maximum absolute atomic E-state index is 12.3. The van der Waals surface area contributed by atoms with Crippen molar-refractivity contribution in [3.05, 3.63) is 24.3 Å². The fourth-order valence-corrected chi connectivity index (χ4v) is 3.03. The molecule has 0 radical (unpaired) electrons. The Bertz CT molecular complexity index is 566. The summed E-state index contributed by atoms with van der Waals surface area (Å²) in [6.45, 7) is 5.82. The summed E-state index contributed by atoms with van der Waals surface area (Å²) >= 11 is 0. The van der Waals surface area contributed by atoms with Crippen LogP contribution in [0, 0.1) is 5.92 Å². The quantitative estimate of drug-likeness (QED) is 0.772. The lowest BCUT2D eigenvalue weighted by molar-refractivity contribution is -0.143. The molecule has 0 saturated heterocycles. The number of sulfonamides is 1. The number of carbonyl (C=O) groups excluding carboxylic acids is 1. The summed E-state index contributed by atoms with van der Waals surface area (Å²) < 4.78 is 36.8. The number of benzene rings is 1. The first-order chi connectivity index (χ1) is 9.81. The van der Waals surface area contributed by atoms with Gasteiger partial charge in [0.15, 0.2) is 0 Å². The SMILES string of the molecule is CCOc1ccc(S(=O)(=O)NC(C(=O)OC)C(C)C)cc1. The summed E-state index contributed by atoms with van der Waals surface area (Å²) in [5, 5.41) is 0. The zero-order valence-corrected chi connectivity index (χ0v) is 13.4. The number of methoxy groups -OCH3 is 1. The van der Waals surface area contributed by atoms with Crippen molar-refractivity contribution < 1.29 is 22.7 Å². The highest BCUT2D eigenvalue weighted by atomic mass is 32.2. The number of hydrogen-bond donors (Lipinski definition) is 1. The molecule has 0 aromatic heterocycles. The molecule has 1 unspecified atom stereocenters. The van der Waals surface area contributed by atoms with E-state index in [9.17, 15) is 13.2 Å². The molecular weight excluding hydrogens is 294 g/mol. The third-order valence-corrected chi connectivity index (χ3v) is 4.31. The molecule has 1 N–H and O–H groups in total. The summed E-state index contributed by atoms with van der Waals surface area (Å²) in [5.74, 6) is -0.251. The van der Waals surface area contributed by atoms with Crippen LogP contribution in [0.3, 0.4) is 0 Å². The molecule has 1 aromatic rings. The molecule has 0 heterocycles. The van der Waals surface area contributed by atoms with Crippen molar-refractivity contribution in [1.82, 2.24) is 4.72 Å². The highest BCUT2D eigenvalue weighted by molar-refractivity contribution is 7.89. The molecule has 1 atom stereocenters. The van der Waals surface area contributed by atoms with Crippen molar-refractivity contribution in [3.63, 3.8) is 0 Å². The van der Waals surface area contributed by atoms with Crippen LogP contribution < -0.4 is 9.46 Å². The molecule has 0 aliphatic rings. The van der Waals surface area contributed by atoms with Gasteiger partial charge in [0, 0.05) is 0 Å². The summed E-state index contributed by atoms with van der Waals surface area (Å²) in [6, 6.07) is 5.08. The Kier molecular flexibility index (Phi) is 6.17. The van der Waals surface area contributed by atoms with Crippen molar-refractivity contribution in [1.29, 1.82) is 0 Å². The Labute approximate surface area is 125 Å². The molecule has 0 saturated carbocycles. The third-order valence-electron chi connectivity index (χ3n) is 2.85. The largest absolute Gasteiger partial charge is 0.494 e. The Hall–Kier alpha value is -1.60. The van der Waals surface area contributed by atoms with E-state index in [0.29, 0.717) is 12.4 Å². The minimum absolute atomic E-state index is 0.0699. The van der Waals surface area contributed by atoms with Gasteiger partial charge < -0.3 is 9.47 Å². The Morgan fingerprint density at radius 1 is 1.24 bits per heavy atom. The van der Waals surface area contributed by atoms with Crippen LogP contribution in [0.4, 0.5) is 0 Å². The smallest absolute Gasteiger partial charge is 0.324 e. The van der Waals surface area contributed by atoms with E-state index in [1.54, 1.807) is 26.0 Å². The van der Waals surface area contributed by atoms with Crippen LogP contribution in [0.1, 0.15) is 20.8 Å². The second-order valence-electron chi connectivity index (χ2n) is 4.77. The minimum atomic E-state index is -3.80. The predicted molar refractivity (Wildman–Crippen MR) is 78.6 cm³/mol. The lowest BCUT2D eigenvalue weighted by atomic mass is 10.1. The molecule has 21 heavy (non-hydrogen) atoms. The van der Waals surface area contributed by atoms with Crippen molar-refractivity contribution in [3.8, 4) is 5.75 Å². The monoisotopic (exact) mass is 315 g/mol. The summed E-state index contributed by atoms with van der Waals surface area (Å²) in [4.78, 5) is 11.7. The van der Waals surface area contributed by atoms with Crippen molar-refractivity contribution in [2.75, 3.05) is 13.7 Å². The fraction of sp³-hybridized carbons (Fsp3) is 0.500. The van der Waals surface area contributed by atoms with E-state index in [1.807, 2.05) is 6.92 Å². The van der Waals surface area contributed by atoms with E-state index in [0.717, 1.165) is 0 Å². The van der Waals surface area contributed by atoms with E-state index in [1.165, 1.54) is 19.2 Å². The van der Waals surface area contributed by atoms with E-state index in [-0.39, 0.29) is 10.8 Å². The number of esters is 1. The standard InChI is InChI=1S/C14H21NO5S/c1-5-20-11-6-8-12(9-7-11)21(17,18)15-13(10(2)3)14(16)19-4/h6-10,13,15H,5H2,1-4H3. The van der Waals surface area contributed by atoms with Gasteiger partial charge in [0.2, 0.25) is 10.0 Å². The maximum atomic E-state index is 12.3. The van der Waals surface area contributed by atoms with Gasteiger partial charge in [-0.05, 0) is 37.1 Å². The van der Waals surface area contributed by atoms with E-state index >= 15 is 0 Å². The molecule has 0 fully saturated rings. The maximum Gasteiger partial charge on any atom is 0.324 e. The third kappa shape index (κ3) is 4.71. The number of carbonyl (C=O) groups is 1. The van der Waals surface area contributed by atoms with E-state index in [4.69, 9.17) is 4.74 Å². The normalized spacial score (nSPS) is 13.0. The first-order valence-electron chi connectivity index (χ1n) is 6.64. The van der Waals surface area contributed by atoms with Crippen LogP contribution in [0.15, 0.2) is 29.2 Å². The average Bonchev–Trinajstić information content (AvgIpc) is 2.44. The van der Waals surface area contributed by atoms with Crippen LogP contribution in [0.25, 0.3) is 0 Å². The second kappa shape index (κ2) is 7.42. The first-order valence-corrected chi connectivity index (χ1v) is 8.13. The predicted octanol–water partition coefficient (Wildman–Crippen LogP) is 1.56. The number of ether oxygens (including phenoxy) is 2. The van der Waals surface area contributed by atoms with Crippen molar-refractivity contribution in [2.45, 2.75) is 31.7 Å². The second-order valence-corrected chi connectivity index (χ2v) is 6.48. The number of rotatable bonds is 7. The van der Waals surface area contributed by atoms with Gasteiger partial charge in [0.25, 0.3) is 0 Å². The van der Waals surface area contributed by atoms with Crippen LogP contribution in [-0.2, 0) is 19.6 Å². The average molecular weight is 315 g/mol. The molecule has 1 rings (SSSR count). The molecule has 118 valence electrons. The number of hydrogen-bond acceptors (Lipinski definition) is 5. The summed E-state index contributed by atoms with van der Waals surface area (Å²) in [6.07, 6.45) is 0. The lowest BCUT2D eigenvalue weighted by Gasteiger charge is -2.19. The van der Waals surface area contributed by atoms with Gasteiger partial charge in [0.1, 0.15) is 11.8 Å². The summed E-state index contributed by atoms with van der Waals surface area (Å²) in [7, 11) is -2.57. The van der Waals surface area contributed by atoms with Crippen LogP contribution >= 0.6 is 0 Å². The molecule has 1 aromatic carbocycles. The highest BCUT2D eigenvalue weighted by Crippen LogP contribution is 2.17. The Morgan fingerprint density at radius 2 is 1.81 bits per heavy atom. The molecule has 7 heteroatoms. The zero-order valence-electron chi connectivity index (χ0n) is 12.6. The van der Waals surface area contributed by atoms with E-state index < -0.39 is 22.0 Å². The van der Waals surface area contributed by atoms with Crippen LogP contribution in [0.2, 0.25) is 0 Å². The van der Waals surface area contributed by atoms with Crippen LogP contribution in [-0.4, -0.2) is 34.1 Å². The first kappa shape index (κ1) is 17.5. The molecule has 0 aliphatic heterocycles. The topological polar surface area (TPSA) is 81.7 Å². The van der Waals surface area contributed by atoms with Crippen molar-refractivity contribution in [2.24, 2.45) is 5.92 Å². The van der Waals surface area contributed by atoms with Crippen LogP contribution in [0.5, 0.6) is 5.75 Å². The highest BCUT2D eigenvalue weighted by Gasteiger charge is 2.29. The van der Waals surface area contributed by atoms with E-state index in [2.05, 4.69) is 9.46 Å². The molecule has 0 spiro atoms. The van der Waals surface area contributed by atoms with Gasteiger partial charge in [-0.1, -0.05) is 13.8 Å². The zero-order chi connectivity index (χ0) is 16.0. The van der Waals surface area contributed by atoms with Gasteiger partial charge in [-0.2, -0.15) is 4.72 Å². The Balaban J connectivity index is 2.96. The van der Waals surface area contributed by atoms with Crippen molar-refractivity contribution >= 4 is 16.0 Å². The molecule has 0 bridgehead atoms. The fourth-order valence-electron chi connectivity index (χ4n) is 1.70. The summed E-state index contributed by atoms with van der Waals surface area (Å²) in [5.41, 5.74) is 0. The lowest BCUT2D eigenvalue weighted by Crippen LogP contribution is -2.44. The van der Waals surface area contributed by atoms with Gasteiger partial charge in [-0.25, -0.2) is 8.42 Å². The van der Waals surface area contributed by atoms with Gasteiger partial charge in [0.05, 0.1) is 18.6 Å². The van der Waals surface area contributed by atoms with Gasteiger partial charge >= 0.3 is 5.97 Å².